The van der Waals surface area contributed by atoms with Gasteiger partial charge in [-0.3, -0.25) is 5.01 Å². The highest BCUT2D eigenvalue weighted by Gasteiger charge is 2.62. The van der Waals surface area contributed by atoms with E-state index >= 15 is 0 Å². The van der Waals surface area contributed by atoms with Gasteiger partial charge in [-0.2, -0.15) is 5.10 Å². The molecule has 0 saturated carbocycles. The van der Waals surface area contributed by atoms with Crippen LogP contribution in [0.25, 0.3) is 0 Å². The molecule has 4 aliphatic rings. The smallest absolute Gasteiger partial charge is 0.403 e. The lowest BCUT2D eigenvalue weighted by atomic mass is 9.54. The Kier molecular flexibility index (Phi) is 4.22. The first-order chi connectivity index (χ1) is 11.7. The van der Waals surface area contributed by atoms with E-state index in [0.29, 0.717) is 12.0 Å². The van der Waals surface area contributed by atoms with Crippen LogP contribution in [0.1, 0.15) is 47.5 Å². The molecule has 0 amide bonds. The van der Waals surface area contributed by atoms with Crippen molar-refractivity contribution < 1.29 is 18.8 Å². The summed E-state index contributed by atoms with van der Waals surface area (Å²) in [7, 11) is -0.288. The van der Waals surface area contributed by atoms with Gasteiger partial charge in [0.15, 0.2) is 0 Å². The van der Waals surface area contributed by atoms with Gasteiger partial charge in [-0.25, -0.2) is 0 Å². The molecule has 3 saturated heterocycles. The SMILES string of the molecule is CC1(B2OC(C)(C)C(C)(C)O2)CN(C2CCOC2)N=C1C1CCOC1. The van der Waals surface area contributed by atoms with Crippen LogP contribution in [0.4, 0.5) is 0 Å². The van der Waals surface area contributed by atoms with Crippen molar-refractivity contribution in [2.24, 2.45) is 11.0 Å². The van der Waals surface area contributed by atoms with Crippen molar-refractivity contribution >= 4 is 12.8 Å². The highest BCUT2D eigenvalue weighted by atomic mass is 16.7. The highest BCUT2D eigenvalue weighted by Crippen LogP contribution is 2.50. The van der Waals surface area contributed by atoms with E-state index in [9.17, 15) is 0 Å². The van der Waals surface area contributed by atoms with E-state index in [0.717, 1.165) is 45.8 Å². The summed E-state index contributed by atoms with van der Waals surface area (Å²) >= 11 is 0. The van der Waals surface area contributed by atoms with Gasteiger partial charge in [0, 0.05) is 31.4 Å². The first-order valence-electron chi connectivity index (χ1n) is 9.60. The normalized spacial score (nSPS) is 40.1. The summed E-state index contributed by atoms with van der Waals surface area (Å²) in [6.45, 7) is 14.7. The van der Waals surface area contributed by atoms with Gasteiger partial charge in [0.05, 0.1) is 35.8 Å². The Hall–Kier alpha value is -0.625. The molecule has 0 aromatic carbocycles. The lowest BCUT2D eigenvalue weighted by Gasteiger charge is -2.32. The van der Waals surface area contributed by atoms with E-state index in [-0.39, 0.29) is 23.6 Å². The molecule has 4 rings (SSSR count). The minimum atomic E-state index is -0.331. The maximum Gasteiger partial charge on any atom is 0.472 e. The molecule has 7 heteroatoms. The Morgan fingerprint density at radius 1 is 0.960 bits per heavy atom. The molecule has 0 spiro atoms. The summed E-state index contributed by atoms with van der Waals surface area (Å²) in [6.07, 6.45) is 2.07. The maximum absolute atomic E-state index is 6.45. The second-order valence-corrected chi connectivity index (χ2v) is 9.17. The molecular formula is C18H31BN2O4. The summed E-state index contributed by atoms with van der Waals surface area (Å²) in [5.74, 6) is 0.358. The van der Waals surface area contributed by atoms with Crippen LogP contribution in [-0.2, 0) is 18.8 Å². The zero-order valence-corrected chi connectivity index (χ0v) is 16.2. The molecule has 4 aliphatic heterocycles. The molecule has 140 valence electrons. The van der Waals surface area contributed by atoms with E-state index in [1.165, 1.54) is 5.71 Å². The van der Waals surface area contributed by atoms with Gasteiger partial charge >= 0.3 is 7.12 Å². The van der Waals surface area contributed by atoms with E-state index < -0.39 is 0 Å². The van der Waals surface area contributed by atoms with Crippen LogP contribution >= 0.6 is 0 Å². The average Bonchev–Trinajstić information content (AvgIpc) is 3.28. The zero-order valence-electron chi connectivity index (χ0n) is 16.2. The Morgan fingerprint density at radius 3 is 2.16 bits per heavy atom. The van der Waals surface area contributed by atoms with Crippen LogP contribution in [0.5, 0.6) is 0 Å². The summed E-state index contributed by atoms with van der Waals surface area (Å²) in [5, 5.41) is 7.05. The molecular weight excluding hydrogens is 319 g/mol. The van der Waals surface area contributed by atoms with Gasteiger partial charge in [0.1, 0.15) is 0 Å². The van der Waals surface area contributed by atoms with Crippen molar-refractivity contribution in [3.8, 4) is 0 Å². The molecule has 6 nitrogen and oxygen atoms in total. The van der Waals surface area contributed by atoms with Crippen LogP contribution < -0.4 is 0 Å². The van der Waals surface area contributed by atoms with Gasteiger partial charge in [-0.05, 0) is 40.5 Å². The standard InChI is InChI=1S/C18H31BN2O4/c1-16(2)17(3,4)25-19(24-16)18(5)12-21(14-7-9-23-11-14)20-15(18)13-6-8-22-10-13/h13-14H,6-12H2,1-5H3. The van der Waals surface area contributed by atoms with Crippen LogP contribution in [0.15, 0.2) is 5.10 Å². The number of rotatable bonds is 3. The molecule has 25 heavy (non-hydrogen) atoms. The molecule has 0 aliphatic carbocycles. The topological polar surface area (TPSA) is 52.5 Å². The molecule has 3 fully saturated rings. The average molecular weight is 350 g/mol. The fourth-order valence-corrected chi connectivity index (χ4v) is 4.27. The molecule has 0 radical (unpaired) electrons. The minimum absolute atomic E-state index is 0.258. The van der Waals surface area contributed by atoms with E-state index in [1.54, 1.807) is 0 Å². The highest BCUT2D eigenvalue weighted by molar-refractivity contribution is 6.56. The predicted molar refractivity (Wildman–Crippen MR) is 96.7 cm³/mol. The van der Waals surface area contributed by atoms with Crippen molar-refractivity contribution in [1.82, 2.24) is 5.01 Å². The van der Waals surface area contributed by atoms with Gasteiger partial charge in [0.25, 0.3) is 0 Å². The monoisotopic (exact) mass is 350 g/mol. The predicted octanol–water partition coefficient (Wildman–Crippen LogP) is 2.34. The second-order valence-electron chi connectivity index (χ2n) is 9.17. The first kappa shape index (κ1) is 17.8. The molecule has 3 unspecified atom stereocenters. The molecule has 0 aromatic rings. The van der Waals surface area contributed by atoms with Crippen molar-refractivity contribution in [3.63, 3.8) is 0 Å². The number of hydrogen-bond acceptors (Lipinski definition) is 6. The van der Waals surface area contributed by atoms with Crippen LogP contribution in [0, 0.1) is 5.92 Å². The summed E-state index contributed by atoms with van der Waals surface area (Å²) < 4.78 is 24.2. The van der Waals surface area contributed by atoms with Gasteiger partial charge in [-0.1, -0.05) is 6.92 Å². The van der Waals surface area contributed by atoms with Crippen LogP contribution in [0.2, 0.25) is 5.31 Å². The third-order valence-corrected chi connectivity index (χ3v) is 6.73. The molecule has 0 bridgehead atoms. The van der Waals surface area contributed by atoms with E-state index in [4.69, 9.17) is 23.9 Å². The number of hydrazone groups is 1. The number of nitrogens with zero attached hydrogens (tertiary/aromatic N) is 2. The van der Waals surface area contributed by atoms with Gasteiger partial charge in [-0.15, -0.1) is 0 Å². The largest absolute Gasteiger partial charge is 0.472 e. The lowest BCUT2D eigenvalue weighted by molar-refractivity contribution is 0.00578. The fourth-order valence-electron chi connectivity index (χ4n) is 4.27. The Balaban J connectivity index is 1.63. The number of ether oxygens (including phenoxy) is 2. The second kappa shape index (κ2) is 5.94. The Morgan fingerprint density at radius 2 is 1.60 bits per heavy atom. The van der Waals surface area contributed by atoms with Crippen molar-refractivity contribution in [2.45, 2.75) is 70.0 Å². The van der Waals surface area contributed by atoms with Crippen LogP contribution in [0.3, 0.4) is 0 Å². The molecule has 0 aromatic heterocycles. The summed E-state index contributed by atoms with van der Waals surface area (Å²) in [5.41, 5.74) is 0.527. The maximum atomic E-state index is 6.45. The van der Waals surface area contributed by atoms with Crippen LogP contribution in [-0.4, -0.2) is 68.1 Å². The van der Waals surface area contributed by atoms with Gasteiger partial charge in [0.2, 0.25) is 0 Å². The van der Waals surface area contributed by atoms with Gasteiger partial charge < -0.3 is 18.8 Å². The minimum Gasteiger partial charge on any atom is -0.403 e. The first-order valence-corrected chi connectivity index (χ1v) is 9.60. The third-order valence-electron chi connectivity index (χ3n) is 6.73. The Bertz CT molecular complexity index is 539. The van der Waals surface area contributed by atoms with E-state index in [1.807, 2.05) is 0 Å². The quantitative estimate of drug-likeness (QED) is 0.732. The summed E-state index contributed by atoms with van der Waals surface area (Å²) in [6, 6.07) is 0.363. The molecule has 3 atom stereocenters. The summed E-state index contributed by atoms with van der Waals surface area (Å²) in [4.78, 5) is 0. The fraction of sp³-hybridized carbons (Fsp3) is 0.944. The lowest BCUT2D eigenvalue weighted by Crippen LogP contribution is -2.45. The third kappa shape index (κ3) is 2.84. The van der Waals surface area contributed by atoms with Crippen molar-refractivity contribution in [1.29, 1.82) is 0 Å². The molecule has 0 N–H and O–H groups in total. The number of hydrogen-bond donors (Lipinski definition) is 0. The van der Waals surface area contributed by atoms with E-state index in [2.05, 4.69) is 39.6 Å². The van der Waals surface area contributed by atoms with Crippen molar-refractivity contribution in [3.05, 3.63) is 0 Å². The van der Waals surface area contributed by atoms with Crippen molar-refractivity contribution in [2.75, 3.05) is 33.0 Å². The zero-order chi connectivity index (χ0) is 17.9. The molecule has 4 heterocycles. The Labute approximate surface area is 151 Å².